The fraction of sp³-hybridized carbons (Fsp3) is 0.257. The molecular weight excluding hydrogens is 656 g/mol. The van der Waals surface area contributed by atoms with Crippen LogP contribution in [0.1, 0.15) is 47.2 Å². The highest BCUT2D eigenvalue weighted by molar-refractivity contribution is 6.31. The van der Waals surface area contributed by atoms with Crippen LogP contribution < -0.4 is 4.74 Å². The Morgan fingerprint density at radius 2 is 1.94 bits per heavy atom. The molecule has 0 aliphatic carbocycles. The molecule has 250 valence electrons. The van der Waals surface area contributed by atoms with E-state index in [9.17, 15) is 4.79 Å². The highest BCUT2D eigenvalue weighted by Crippen LogP contribution is 2.41. The number of carbonyl (C=O) groups excluding carboxylic acids is 1. The van der Waals surface area contributed by atoms with Gasteiger partial charge in [0.15, 0.2) is 5.82 Å². The van der Waals surface area contributed by atoms with E-state index in [4.69, 9.17) is 30.8 Å². The summed E-state index contributed by atoms with van der Waals surface area (Å²) in [6, 6.07) is 13.7. The molecule has 0 N–H and O–H groups in total. The van der Waals surface area contributed by atoms with Gasteiger partial charge in [0, 0.05) is 41.3 Å². The van der Waals surface area contributed by atoms with Crippen LogP contribution in [-0.4, -0.2) is 60.8 Å². The molecule has 0 bridgehead atoms. The van der Waals surface area contributed by atoms with Crippen molar-refractivity contribution >= 4 is 28.6 Å². The second kappa shape index (κ2) is 13.0. The molecule has 0 radical (unpaired) electrons. The first-order valence-electron chi connectivity index (χ1n) is 15.4. The summed E-state index contributed by atoms with van der Waals surface area (Å²) in [7, 11) is 1.32. The first-order chi connectivity index (χ1) is 23.6. The number of esters is 1. The van der Waals surface area contributed by atoms with E-state index in [1.54, 1.807) is 54.9 Å². The predicted molar refractivity (Wildman–Crippen MR) is 176 cm³/mol. The first kappa shape index (κ1) is 32.3. The average molecular weight is 686 g/mol. The third kappa shape index (κ3) is 6.34. The maximum absolute atomic E-state index is 15.8. The standard InChI is InChI=1S/C35H30ClF2N7O4/c1-35(2)19-48-18-30(35)45-29-12-20(34(46)47-3)7-8-28(29)41-32(45)13-21-11-26(38)23(14-25(21)37)27-5-4-6-33(42-27)49-17-22-16-39-31(15-24(22)36)44-10-9-40-43-44/h4-12,14-16,30H,13,17-19H2,1-3H3/t30-/m1/s1. The molecule has 2 aromatic carbocycles. The molecule has 14 heteroatoms. The number of hydrogen-bond donors (Lipinski definition) is 0. The maximum Gasteiger partial charge on any atom is 0.337 e. The number of nitrogens with zero attached hydrogens (tertiary/aromatic N) is 7. The second-order valence-electron chi connectivity index (χ2n) is 12.3. The van der Waals surface area contributed by atoms with E-state index in [-0.39, 0.29) is 47.2 Å². The number of hydrogen-bond acceptors (Lipinski definition) is 9. The van der Waals surface area contributed by atoms with Gasteiger partial charge in [-0.15, -0.1) is 5.10 Å². The van der Waals surface area contributed by atoms with Crippen molar-refractivity contribution in [2.24, 2.45) is 5.41 Å². The number of pyridine rings is 2. The Bertz CT molecular complexity index is 2190. The minimum Gasteiger partial charge on any atom is -0.473 e. The number of carbonyl (C=O) groups is 1. The molecule has 1 fully saturated rings. The molecule has 0 unspecified atom stereocenters. The van der Waals surface area contributed by atoms with Gasteiger partial charge in [0.1, 0.15) is 24.1 Å². The average Bonchev–Trinajstić information content (AvgIpc) is 3.83. The third-order valence-electron chi connectivity index (χ3n) is 8.58. The number of ether oxygens (including phenoxy) is 3. The molecule has 0 spiro atoms. The number of imidazole rings is 1. The molecule has 1 aliphatic rings. The van der Waals surface area contributed by atoms with Crippen molar-refractivity contribution in [2.75, 3.05) is 20.3 Å². The Balaban J connectivity index is 1.15. The largest absolute Gasteiger partial charge is 0.473 e. The van der Waals surface area contributed by atoms with Gasteiger partial charge in [0.05, 0.1) is 66.1 Å². The minimum absolute atomic E-state index is 0.00107. The summed E-state index contributed by atoms with van der Waals surface area (Å²) in [5, 5.41) is 8.06. The lowest BCUT2D eigenvalue weighted by Crippen LogP contribution is -2.27. The van der Waals surface area contributed by atoms with Crippen LogP contribution in [0, 0.1) is 17.0 Å². The summed E-state index contributed by atoms with van der Waals surface area (Å²) in [5.74, 6) is -0.554. The highest BCUT2D eigenvalue weighted by Gasteiger charge is 2.39. The molecule has 7 rings (SSSR count). The molecule has 0 amide bonds. The SMILES string of the molecule is COC(=O)c1ccc2nc(Cc3cc(F)c(-c4cccc(OCc5cnc(-n6ccnn6)cc5Cl)n4)cc3F)n([C@@H]3COCC3(C)C)c2c1. The van der Waals surface area contributed by atoms with Gasteiger partial charge in [0.2, 0.25) is 5.88 Å². The Labute approximate surface area is 284 Å². The van der Waals surface area contributed by atoms with Crippen molar-refractivity contribution in [1.82, 2.24) is 34.5 Å². The number of fused-ring (bicyclic) bond motifs is 1. The van der Waals surface area contributed by atoms with Crippen LogP contribution in [0.3, 0.4) is 0 Å². The topological polar surface area (TPSA) is 119 Å². The van der Waals surface area contributed by atoms with Gasteiger partial charge >= 0.3 is 5.97 Å². The molecule has 6 aromatic rings. The Kier molecular flexibility index (Phi) is 8.55. The lowest BCUT2D eigenvalue weighted by molar-refractivity contribution is 0.0601. The van der Waals surface area contributed by atoms with E-state index in [0.29, 0.717) is 52.0 Å². The van der Waals surface area contributed by atoms with Crippen LogP contribution in [0.25, 0.3) is 28.1 Å². The van der Waals surface area contributed by atoms with Gasteiger partial charge in [0.25, 0.3) is 0 Å². The van der Waals surface area contributed by atoms with Crippen LogP contribution in [0.5, 0.6) is 5.88 Å². The Morgan fingerprint density at radius 1 is 1.08 bits per heavy atom. The third-order valence-corrected chi connectivity index (χ3v) is 8.93. The van der Waals surface area contributed by atoms with Crippen molar-refractivity contribution < 1.29 is 27.8 Å². The van der Waals surface area contributed by atoms with Gasteiger partial charge in [-0.3, -0.25) is 0 Å². The second-order valence-corrected chi connectivity index (χ2v) is 12.8. The Morgan fingerprint density at radius 3 is 2.67 bits per heavy atom. The molecule has 1 aliphatic heterocycles. The summed E-state index contributed by atoms with van der Waals surface area (Å²) >= 11 is 6.44. The lowest BCUT2D eigenvalue weighted by Gasteiger charge is -2.28. The molecular formula is C35H30ClF2N7O4. The van der Waals surface area contributed by atoms with E-state index in [0.717, 1.165) is 6.07 Å². The minimum atomic E-state index is -0.655. The van der Waals surface area contributed by atoms with Crippen LogP contribution in [-0.2, 0) is 22.5 Å². The highest BCUT2D eigenvalue weighted by atomic mass is 35.5. The van der Waals surface area contributed by atoms with Crippen LogP contribution in [0.4, 0.5) is 8.78 Å². The van der Waals surface area contributed by atoms with Gasteiger partial charge in [-0.2, -0.15) is 0 Å². The summed E-state index contributed by atoms with van der Waals surface area (Å²) in [4.78, 5) is 25.9. The zero-order valence-corrected chi connectivity index (χ0v) is 27.5. The predicted octanol–water partition coefficient (Wildman–Crippen LogP) is 6.56. The van der Waals surface area contributed by atoms with Gasteiger partial charge in [-0.25, -0.2) is 33.2 Å². The quantitative estimate of drug-likeness (QED) is 0.156. The van der Waals surface area contributed by atoms with Crippen LogP contribution >= 0.6 is 11.6 Å². The Hall–Kier alpha value is -5.27. The van der Waals surface area contributed by atoms with E-state index < -0.39 is 17.6 Å². The fourth-order valence-corrected chi connectivity index (χ4v) is 6.14. The van der Waals surface area contributed by atoms with E-state index in [2.05, 4.69) is 34.1 Å². The molecule has 1 atom stereocenters. The molecule has 49 heavy (non-hydrogen) atoms. The lowest BCUT2D eigenvalue weighted by atomic mass is 9.87. The summed E-state index contributed by atoms with van der Waals surface area (Å²) in [6.45, 7) is 5.12. The molecule has 0 saturated carbocycles. The molecule has 11 nitrogen and oxygen atoms in total. The van der Waals surface area contributed by atoms with Crippen molar-refractivity contribution in [2.45, 2.75) is 32.9 Å². The summed E-state index contributed by atoms with van der Waals surface area (Å²) < 4.78 is 51.6. The van der Waals surface area contributed by atoms with E-state index in [1.165, 1.54) is 24.1 Å². The normalized spacial score (nSPS) is 15.5. The maximum atomic E-state index is 15.8. The van der Waals surface area contributed by atoms with E-state index in [1.807, 2.05) is 4.57 Å². The monoisotopic (exact) mass is 685 g/mol. The zero-order valence-electron chi connectivity index (χ0n) is 26.7. The van der Waals surface area contributed by atoms with Crippen molar-refractivity contribution in [1.29, 1.82) is 0 Å². The molecule has 4 aromatic heterocycles. The number of rotatable bonds is 9. The molecule has 5 heterocycles. The summed E-state index contributed by atoms with van der Waals surface area (Å²) in [5.41, 5.74) is 2.27. The number of benzene rings is 2. The molecule has 1 saturated heterocycles. The van der Waals surface area contributed by atoms with E-state index >= 15 is 8.78 Å². The number of halogens is 3. The van der Waals surface area contributed by atoms with Gasteiger partial charge in [-0.05, 0) is 42.0 Å². The zero-order chi connectivity index (χ0) is 34.3. The van der Waals surface area contributed by atoms with Crippen molar-refractivity contribution in [3.8, 4) is 23.0 Å². The van der Waals surface area contributed by atoms with Crippen LogP contribution in [0.15, 0.2) is 73.2 Å². The first-order valence-corrected chi connectivity index (χ1v) is 15.8. The van der Waals surface area contributed by atoms with Gasteiger partial charge in [-0.1, -0.05) is 36.7 Å². The smallest absolute Gasteiger partial charge is 0.337 e. The number of methoxy groups -OCH3 is 1. The van der Waals surface area contributed by atoms with Crippen molar-refractivity contribution in [3.63, 3.8) is 0 Å². The van der Waals surface area contributed by atoms with Gasteiger partial charge < -0.3 is 18.8 Å². The van der Waals surface area contributed by atoms with Crippen LogP contribution in [0.2, 0.25) is 5.02 Å². The van der Waals surface area contributed by atoms with Crippen molar-refractivity contribution in [3.05, 3.63) is 112 Å². The number of aromatic nitrogens is 7. The summed E-state index contributed by atoms with van der Waals surface area (Å²) in [6.07, 6.45) is 4.73. The fourth-order valence-electron chi connectivity index (χ4n) is 5.94.